The zero-order valence-electron chi connectivity index (χ0n) is 15.2. The van der Waals surface area contributed by atoms with Crippen molar-refractivity contribution in [3.8, 4) is 39.1 Å². The van der Waals surface area contributed by atoms with Gasteiger partial charge in [0.2, 0.25) is 0 Å². The van der Waals surface area contributed by atoms with Gasteiger partial charge in [0.1, 0.15) is 12.4 Å². The molecule has 4 aromatic rings. The van der Waals surface area contributed by atoms with Gasteiger partial charge in [0.25, 0.3) is 0 Å². The lowest BCUT2D eigenvalue weighted by Gasteiger charge is -2.07. The second kappa shape index (κ2) is 8.09. The van der Waals surface area contributed by atoms with Crippen molar-refractivity contribution >= 4 is 0 Å². The third-order valence-electron chi connectivity index (χ3n) is 4.82. The molecule has 28 heavy (non-hydrogen) atoms. The smallest absolute Gasteiger partial charge is 0.115 e. The van der Waals surface area contributed by atoms with Crippen LogP contribution in [0.3, 0.4) is 0 Å². The summed E-state index contributed by atoms with van der Waals surface area (Å²) in [6.45, 7) is 0.194. The van der Waals surface area contributed by atoms with Gasteiger partial charge < -0.3 is 5.11 Å². The van der Waals surface area contributed by atoms with Crippen LogP contribution in [0.15, 0.2) is 97.1 Å². The quantitative estimate of drug-likeness (QED) is 0.317. The van der Waals surface area contributed by atoms with Crippen molar-refractivity contribution in [3.63, 3.8) is 0 Å². The summed E-state index contributed by atoms with van der Waals surface area (Å²) in [5, 5.41) is 18.0. The van der Waals surface area contributed by atoms with Gasteiger partial charge in [-0.2, -0.15) is 0 Å². The van der Waals surface area contributed by atoms with Crippen LogP contribution in [0.25, 0.3) is 33.4 Å². The van der Waals surface area contributed by atoms with E-state index >= 15 is 0 Å². The monoisotopic (exact) mass is 368 g/mol. The first-order valence-corrected chi connectivity index (χ1v) is 9.08. The van der Waals surface area contributed by atoms with Gasteiger partial charge in [0.15, 0.2) is 0 Å². The predicted molar refractivity (Wildman–Crippen MR) is 112 cm³/mol. The third kappa shape index (κ3) is 3.96. The zero-order valence-corrected chi connectivity index (χ0v) is 15.2. The average Bonchev–Trinajstić information content (AvgIpc) is 2.75. The van der Waals surface area contributed by atoms with Crippen LogP contribution in [0, 0.1) is 0 Å². The molecule has 4 rings (SSSR count). The summed E-state index contributed by atoms with van der Waals surface area (Å²) in [7, 11) is 0. The highest BCUT2D eigenvalue weighted by molar-refractivity contribution is 5.73. The number of hydrogen-bond acceptors (Lipinski definition) is 3. The van der Waals surface area contributed by atoms with Crippen molar-refractivity contribution in [1.82, 2.24) is 0 Å². The minimum Gasteiger partial charge on any atom is -0.508 e. The van der Waals surface area contributed by atoms with Crippen LogP contribution >= 0.6 is 0 Å². The first kappa shape index (κ1) is 18.0. The molecule has 0 unspecified atom stereocenters. The number of phenols is 1. The fourth-order valence-corrected chi connectivity index (χ4v) is 3.23. The normalized spacial score (nSPS) is 10.8. The Morgan fingerprint density at radius 3 is 1.07 bits per heavy atom. The van der Waals surface area contributed by atoms with Crippen molar-refractivity contribution in [2.45, 2.75) is 6.61 Å². The summed E-state index contributed by atoms with van der Waals surface area (Å²) >= 11 is 0. The molecule has 0 radical (unpaired) electrons. The van der Waals surface area contributed by atoms with E-state index in [9.17, 15) is 5.11 Å². The van der Waals surface area contributed by atoms with Crippen molar-refractivity contribution < 1.29 is 15.3 Å². The largest absolute Gasteiger partial charge is 0.508 e. The van der Waals surface area contributed by atoms with Gasteiger partial charge >= 0.3 is 0 Å². The van der Waals surface area contributed by atoms with E-state index in [1.54, 1.807) is 12.1 Å². The summed E-state index contributed by atoms with van der Waals surface area (Å²) in [4.78, 5) is 4.17. The van der Waals surface area contributed by atoms with E-state index in [0.29, 0.717) is 0 Å². The van der Waals surface area contributed by atoms with Gasteiger partial charge in [0, 0.05) is 0 Å². The highest BCUT2D eigenvalue weighted by Crippen LogP contribution is 2.28. The fraction of sp³-hybridized carbons (Fsp3) is 0.0400. The number of phenolic OH excluding ortho intramolecular Hbond substituents is 1. The summed E-state index contributed by atoms with van der Waals surface area (Å²) in [5.41, 5.74) is 7.70. The average molecular weight is 368 g/mol. The van der Waals surface area contributed by atoms with Crippen LogP contribution in [-0.4, -0.2) is 10.4 Å². The maximum atomic E-state index is 9.42. The summed E-state index contributed by atoms with van der Waals surface area (Å²) in [6.07, 6.45) is 0. The third-order valence-corrected chi connectivity index (χ3v) is 4.82. The molecule has 0 amide bonds. The maximum Gasteiger partial charge on any atom is 0.115 e. The first-order chi connectivity index (χ1) is 13.7. The Kier molecular flexibility index (Phi) is 5.20. The van der Waals surface area contributed by atoms with Crippen molar-refractivity contribution in [1.29, 1.82) is 0 Å². The van der Waals surface area contributed by atoms with Crippen molar-refractivity contribution in [3.05, 3.63) is 103 Å². The molecule has 0 atom stereocenters. The van der Waals surface area contributed by atoms with Gasteiger partial charge in [-0.1, -0.05) is 84.9 Å². The lowest BCUT2D eigenvalue weighted by atomic mass is 9.98. The molecule has 0 aliphatic carbocycles. The van der Waals surface area contributed by atoms with Crippen LogP contribution in [0.5, 0.6) is 5.75 Å². The molecule has 3 heteroatoms. The standard InChI is InChI=1S/C25H20O3/c26-25-15-13-24(14-16-25)23-11-9-22(10-12-23)21-7-5-20(6-8-21)19-3-1-18(2-4-19)17-28-27/h1-16,26-27H,17H2. The molecule has 2 N–H and O–H groups in total. The van der Waals surface area contributed by atoms with Crippen LogP contribution in [0.2, 0.25) is 0 Å². The minimum atomic E-state index is 0.194. The molecule has 0 aromatic heterocycles. The summed E-state index contributed by atoms with van der Waals surface area (Å²) < 4.78 is 0. The van der Waals surface area contributed by atoms with Crippen LogP contribution in [-0.2, 0) is 11.5 Å². The molecule has 0 heterocycles. The molecule has 138 valence electrons. The number of hydrogen-bond donors (Lipinski definition) is 2. The van der Waals surface area contributed by atoms with Gasteiger partial charge in [0.05, 0.1) is 0 Å². The Hall–Kier alpha value is -3.40. The molecule has 0 bridgehead atoms. The van der Waals surface area contributed by atoms with Gasteiger partial charge in [-0.25, -0.2) is 4.89 Å². The second-order valence-electron chi connectivity index (χ2n) is 6.67. The number of benzene rings is 4. The molecule has 0 aliphatic rings. The van der Waals surface area contributed by atoms with E-state index in [1.165, 1.54) is 0 Å². The Morgan fingerprint density at radius 2 is 0.750 bits per heavy atom. The first-order valence-electron chi connectivity index (χ1n) is 9.08. The highest BCUT2D eigenvalue weighted by Gasteiger charge is 2.03. The predicted octanol–water partition coefficient (Wildman–Crippen LogP) is 6.38. The van der Waals surface area contributed by atoms with Crippen molar-refractivity contribution in [2.75, 3.05) is 0 Å². The van der Waals surface area contributed by atoms with E-state index in [1.807, 2.05) is 36.4 Å². The maximum absolute atomic E-state index is 9.42. The topological polar surface area (TPSA) is 49.7 Å². The van der Waals surface area contributed by atoms with Crippen molar-refractivity contribution in [2.24, 2.45) is 0 Å². The summed E-state index contributed by atoms with van der Waals surface area (Å²) in [5.74, 6) is 0.275. The van der Waals surface area contributed by atoms with E-state index in [4.69, 9.17) is 5.26 Å². The van der Waals surface area contributed by atoms with Gasteiger partial charge in [-0.15, -0.1) is 0 Å². The zero-order chi connectivity index (χ0) is 19.3. The second-order valence-corrected chi connectivity index (χ2v) is 6.67. The lowest BCUT2D eigenvalue weighted by Crippen LogP contribution is -1.87. The van der Waals surface area contributed by atoms with E-state index < -0.39 is 0 Å². The van der Waals surface area contributed by atoms with Gasteiger partial charge in [-0.05, 0) is 51.1 Å². The Balaban J connectivity index is 1.52. The molecule has 0 saturated carbocycles. The van der Waals surface area contributed by atoms with Crippen LogP contribution in [0.4, 0.5) is 0 Å². The summed E-state index contributed by atoms with van der Waals surface area (Å²) in [6, 6.07) is 32.0. The molecule has 4 aromatic carbocycles. The number of aromatic hydroxyl groups is 1. The highest BCUT2D eigenvalue weighted by atomic mass is 17.1. The molecular weight excluding hydrogens is 348 g/mol. The molecule has 0 aliphatic heterocycles. The minimum absolute atomic E-state index is 0.194. The van der Waals surface area contributed by atoms with E-state index in [-0.39, 0.29) is 12.4 Å². The lowest BCUT2D eigenvalue weighted by molar-refractivity contribution is -0.253. The Morgan fingerprint density at radius 1 is 0.464 bits per heavy atom. The van der Waals surface area contributed by atoms with E-state index in [2.05, 4.69) is 53.4 Å². The molecule has 0 saturated heterocycles. The molecular formula is C25H20O3. The van der Waals surface area contributed by atoms with E-state index in [0.717, 1.165) is 38.9 Å². The molecule has 0 spiro atoms. The van der Waals surface area contributed by atoms with Crippen LogP contribution < -0.4 is 0 Å². The van der Waals surface area contributed by atoms with Crippen LogP contribution in [0.1, 0.15) is 5.56 Å². The molecule has 0 fully saturated rings. The fourth-order valence-electron chi connectivity index (χ4n) is 3.23. The molecule has 3 nitrogen and oxygen atoms in total. The number of rotatable bonds is 5. The Labute approximate surface area is 164 Å². The SMILES string of the molecule is OOCc1ccc(-c2ccc(-c3ccc(-c4ccc(O)cc4)cc3)cc2)cc1. The Bertz CT molecular complexity index is 1030. The van der Waals surface area contributed by atoms with Gasteiger partial charge in [-0.3, -0.25) is 5.26 Å².